The van der Waals surface area contributed by atoms with Gasteiger partial charge in [0.05, 0.1) is 4.91 Å². The molecule has 0 aliphatic carbocycles. The number of nitrogens with zero attached hydrogens (tertiary/aromatic N) is 4. The number of thioether (sulfide) groups is 1. The molecule has 6 nitrogen and oxygen atoms in total. The van der Waals surface area contributed by atoms with E-state index in [9.17, 15) is 14.9 Å². The van der Waals surface area contributed by atoms with Crippen LogP contribution in [0.15, 0.2) is 9.70 Å². The van der Waals surface area contributed by atoms with Crippen molar-refractivity contribution in [2.24, 2.45) is 0 Å². The minimum absolute atomic E-state index is 0.0187. The Balaban J connectivity index is 2.26. The number of carbonyl (C=O) groups is 1. The molecule has 1 aromatic heterocycles. The molecule has 3 heterocycles. The number of anilines is 1. The van der Waals surface area contributed by atoms with Gasteiger partial charge in [0.15, 0.2) is 0 Å². The lowest BCUT2D eigenvalue weighted by Crippen LogP contribution is -2.37. The molecule has 0 radical (unpaired) electrons. The number of aromatic nitrogens is 1. The van der Waals surface area contributed by atoms with E-state index >= 15 is 0 Å². The molecule has 0 saturated carbocycles. The van der Waals surface area contributed by atoms with Gasteiger partial charge in [0.25, 0.3) is 11.5 Å². The number of pyridine rings is 1. The molecule has 3 rings (SSSR count). The molecule has 160 valence electrons. The highest BCUT2D eigenvalue weighted by Gasteiger charge is 2.34. The largest absolute Gasteiger partial charge is 0.357 e. The van der Waals surface area contributed by atoms with Crippen LogP contribution in [0.3, 0.4) is 0 Å². The zero-order valence-corrected chi connectivity index (χ0v) is 19.7. The Kier molecular flexibility index (Phi) is 7.04. The molecule has 8 heteroatoms. The van der Waals surface area contributed by atoms with E-state index in [1.807, 2.05) is 26.8 Å². The predicted molar refractivity (Wildman–Crippen MR) is 127 cm³/mol. The van der Waals surface area contributed by atoms with E-state index in [0.29, 0.717) is 21.3 Å². The highest BCUT2D eigenvalue weighted by atomic mass is 32.2. The van der Waals surface area contributed by atoms with Crippen molar-refractivity contribution < 1.29 is 4.79 Å². The number of nitriles is 1. The van der Waals surface area contributed by atoms with E-state index < -0.39 is 0 Å². The fraction of sp³-hybridized carbons (Fsp3) is 0.545. The average molecular weight is 445 g/mol. The maximum absolute atomic E-state index is 13.1. The number of rotatable bonds is 5. The van der Waals surface area contributed by atoms with Crippen LogP contribution >= 0.6 is 24.0 Å². The maximum Gasteiger partial charge on any atom is 0.270 e. The second-order valence-electron chi connectivity index (χ2n) is 8.00. The quantitative estimate of drug-likeness (QED) is 0.504. The Morgan fingerprint density at radius 3 is 2.43 bits per heavy atom. The Hall–Kier alpha value is -2.11. The first-order valence-corrected chi connectivity index (χ1v) is 11.7. The molecule has 0 N–H and O–H groups in total. The lowest BCUT2D eigenvalue weighted by molar-refractivity contribution is -0.123. The van der Waals surface area contributed by atoms with Crippen LogP contribution in [-0.2, 0) is 11.3 Å². The van der Waals surface area contributed by atoms with Gasteiger partial charge in [-0.25, -0.2) is 0 Å². The van der Waals surface area contributed by atoms with E-state index in [1.165, 1.54) is 18.2 Å². The third kappa shape index (κ3) is 4.06. The molecule has 2 aliphatic rings. The van der Waals surface area contributed by atoms with Crippen LogP contribution in [0.1, 0.15) is 63.1 Å². The minimum Gasteiger partial charge on any atom is -0.357 e. The Bertz CT molecular complexity index is 998. The standard InChI is InChI=1S/C22H28N4O2S2/c1-5-9-25-19(24-10-7-6-8-11-24)16(15(4)17(13-23)20(25)27)12-18-21(28)26(14(2)3)22(29)30-18/h12,14H,5-11H2,1-4H3/b18-12+. The lowest BCUT2D eigenvalue weighted by atomic mass is 10.0. The first-order chi connectivity index (χ1) is 14.3. The van der Waals surface area contributed by atoms with Crippen LogP contribution in [0.4, 0.5) is 5.82 Å². The van der Waals surface area contributed by atoms with Gasteiger partial charge >= 0.3 is 0 Å². The minimum atomic E-state index is -0.246. The van der Waals surface area contributed by atoms with Crippen molar-refractivity contribution in [1.82, 2.24) is 9.47 Å². The van der Waals surface area contributed by atoms with Crippen molar-refractivity contribution >= 4 is 46.1 Å². The molecule has 1 amide bonds. The van der Waals surface area contributed by atoms with Crippen LogP contribution < -0.4 is 10.5 Å². The van der Waals surface area contributed by atoms with Gasteiger partial charge in [0, 0.05) is 31.2 Å². The average Bonchev–Trinajstić information content (AvgIpc) is 3.00. The molecule has 30 heavy (non-hydrogen) atoms. The second-order valence-corrected chi connectivity index (χ2v) is 9.67. The van der Waals surface area contributed by atoms with Crippen LogP contribution in [0.25, 0.3) is 6.08 Å². The fourth-order valence-electron chi connectivity index (χ4n) is 4.08. The molecule has 0 unspecified atom stereocenters. The SMILES string of the molecule is CCCn1c(N2CCCCC2)c(/C=C2/SC(=S)N(C(C)C)C2=O)c(C)c(C#N)c1=O. The summed E-state index contributed by atoms with van der Waals surface area (Å²) in [5.41, 5.74) is 1.31. The molecule has 2 saturated heterocycles. The van der Waals surface area contributed by atoms with Gasteiger partial charge in [-0.2, -0.15) is 5.26 Å². The van der Waals surface area contributed by atoms with Gasteiger partial charge in [-0.1, -0.05) is 30.9 Å². The van der Waals surface area contributed by atoms with Crippen LogP contribution in [-0.4, -0.2) is 38.8 Å². The highest BCUT2D eigenvalue weighted by Crippen LogP contribution is 2.37. The van der Waals surface area contributed by atoms with Gasteiger partial charge in [-0.05, 0) is 58.1 Å². The zero-order chi connectivity index (χ0) is 22.0. The molecule has 1 aromatic rings. The van der Waals surface area contributed by atoms with Gasteiger partial charge < -0.3 is 4.90 Å². The van der Waals surface area contributed by atoms with Gasteiger partial charge in [-0.15, -0.1) is 0 Å². The summed E-state index contributed by atoms with van der Waals surface area (Å²) in [5.74, 6) is 0.712. The van der Waals surface area contributed by atoms with Gasteiger partial charge in [-0.3, -0.25) is 19.1 Å². The molecular formula is C22H28N4O2S2. The molecule has 0 aromatic carbocycles. The van der Waals surface area contributed by atoms with Crippen LogP contribution in [0.2, 0.25) is 0 Å². The normalized spacial score (nSPS) is 18.6. The van der Waals surface area contributed by atoms with E-state index in [-0.39, 0.29) is 23.1 Å². The van der Waals surface area contributed by atoms with E-state index in [0.717, 1.165) is 43.7 Å². The van der Waals surface area contributed by atoms with Crippen LogP contribution in [0.5, 0.6) is 0 Å². The second kappa shape index (κ2) is 9.36. The molecule has 0 atom stereocenters. The first kappa shape index (κ1) is 22.6. The highest BCUT2D eigenvalue weighted by molar-refractivity contribution is 8.26. The number of hydrogen-bond acceptors (Lipinski definition) is 6. The number of carbonyl (C=O) groups excluding carboxylic acids is 1. The molecule has 2 fully saturated rings. The van der Waals surface area contributed by atoms with Crippen molar-refractivity contribution in [3.63, 3.8) is 0 Å². The summed E-state index contributed by atoms with van der Waals surface area (Å²) in [5, 5.41) is 9.69. The van der Waals surface area contributed by atoms with Crippen LogP contribution in [0, 0.1) is 18.3 Å². The van der Waals surface area contributed by atoms with Crippen molar-refractivity contribution in [2.75, 3.05) is 18.0 Å². The molecular weight excluding hydrogens is 416 g/mol. The van der Waals surface area contributed by atoms with Crippen molar-refractivity contribution in [1.29, 1.82) is 5.26 Å². The lowest BCUT2D eigenvalue weighted by Gasteiger charge is -2.33. The summed E-state index contributed by atoms with van der Waals surface area (Å²) in [7, 11) is 0. The Morgan fingerprint density at radius 1 is 1.23 bits per heavy atom. The molecule has 0 spiro atoms. The Morgan fingerprint density at radius 2 is 1.90 bits per heavy atom. The summed E-state index contributed by atoms with van der Waals surface area (Å²) >= 11 is 6.71. The van der Waals surface area contributed by atoms with Gasteiger partial charge in [0.2, 0.25) is 0 Å². The summed E-state index contributed by atoms with van der Waals surface area (Å²) in [6.07, 6.45) is 5.92. The number of amides is 1. The third-order valence-corrected chi connectivity index (χ3v) is 6.89. The van der Waals surface area contributed by atoms with E-state index in [4.69, 9.17) is 12.2 Å². The summed E-state index contributed by atoms with van der Waals surface area (Å²) in [6, 6.07) is 2.08. The van der Waals surface area contributed by atoms with E-state index in [1.54, 1.807) is 16.4 Å². The first-order valence-electron chi connectivity index (χ1n) is 10.5. The Labute approximate surface area is 187 Å². The summed E-state index contributed by atoms with van der Waals surface area (Å²) < 4.78 is 2.27. The monoisotopic (exact) mass is 444 g/mol. The van der Waals surface area contributed by atoms with E-state index in [2.05, 4.69) is 11.0 Å². The van der Waals surface area contributed by atoms with Crippen molar-refractivity contribution in [3.8, 4) is 6.07 Å². The molecule has 0 bridgehead atoms. The third-order valence-electron chi connectivity index (χ3n) is 5.56. The molecule has 2 aliphatic heterocycles. The van der Waals surface area contributed by atoms with Crippen molar-refractivity contribution in [2.45, 2.75) is 66.0 Å². The summed E-state index contributed by atoms with van der Waals surface area (Å²) in [6.45, 7) is 9.96. The van der Waals surface area contributed by atoms with Crippen molar-refractivity contribution in [3.05, 3.63) is 31.9 Å². The fourth-order valence-corrected chi connectivity index (χ4v) is 5.58. The maximum atomic E-state index is 13.1. The number of piperidine rings is 1. The predicted octanol–water partition coefficient (Wildman–Crippen LogP) is 4.04. The summed E-state index contributed by atoms with van der Waals surface area (Å²) in [4.78, 5) is 30.5. The zero-order valence-electron chi connectivity index (χ0n) is 18.0. The topological polar surface area (TPSA) is 69.3 Å². The number of thiocarbonyl (C=S) groups is 1. The smallest absolute Gasteiger partial charge is 0.270 e. The van der Waals surface area contributed by atoms with Gasteiger partial charge in [0.1, 0.15) is 21.8 Å². The number of hydrogen-bond donors (Lipinski definition) is 0.